The summed E-state index contributed by atoms with van der Waals surface area (Å²) in [5.74, 6) is -0.401. The molecule has 2 aromatic carbocycles. The predicted molar refractivity (Wildman–Crippen MR) is 95.9 cm³/mol. The maximum Gasteiger partial charge on any atom is 0.255 e. The number of rotatable bonds is 5. The van der Waals surface area contributed by atoms with Gasteiger partial charge in [0.2, 0.25) is 10.0 Å². The third-order valence-electron chi connectivity index (χ3n) is 3.58. The van der Waals surface area contributed by atoms with E-state index in [9.17, 15) is 13.2 Å². The number of halogens is 1. The van der Waals surface area contributed by atoms with Gasteiger partial charge in [0.1, 0.15) is 0 Å². The van der Waals surface area contributed by atoms with Gasteiger partial charge in [-0.25, -0.2) is 8.42 Å². The second kappa shape index (κ2) is 7.34. The minimum atomic E-state index is -3.64. The molecule has 1 amide bonds. The standard InChI is InChI=1S/C17H19ClN2O3S/c1-12(2)20(3)24(22,23)16-9-4-6-13(10-16)17(21)19-15-8-5-7-14(18)11-15/h4-12H,1-3H3,(H,19,21). The summed E-state index contributed by atoms with van der Waals surface area (Å²) < 4.78 is 26.3. The molecule has 0 aliphatic rings. The number of amides is 1. The van der Waals surface area contributed by atoms with Gasteiger partial charge in [0.05, 0.1) is 4.90 Å². The lowest BCUT2D eigenvalue weighted by Gasteiger charge is -2.21. The van der Waals surface area contributed by atoms with E-state index >= 15 is 0 Å². The van der Waals surface area contributed by atoms with Gasteiger partial charge < -0.3 is 5.32 Å². The van der Waals surface area contributed by atoms with Crippen molar-refractivity contribution in [2.75, 3.05) is 12.4 Å². The molecule has 7 heteroatoms. The van der Waals surface area contributed by atoms with Crippen molar-refractivity contribution in [1.29, 1.82) is 0 Å². The molecule has 0 unspecified atom stereocenters. The zero-order chi connectivity index (χ0) is 17.9. The number of carbonyl (C=O) groups excluding carboxylic acids is 1. The first-order chi connectivity index (χ1) is 11.2. The van der Waals surface area contributed by atoms with Gasteiger partial charge in [-0.2, -0.15) is 4.31 Å². The summed E-state index contributed by atoms with van der Waals surface area (Å²) >= 11 is 5.89. The molecule has 24 heavy (non-hydrogen) atoms. The van der Waals surface area contributed by atoms with Crippen molar-refractivity contribution >= 4 is 33.2 Å². The molecule has 2 rings (SSSR count). The van der Waals surface area contributed by atoms with Crippen LogP contribution in [0.2, 0.25) is 5.02 Å². The third-order valence-corrected chi connectivity index (χ3v) is 5.85. The van der Waals surface area contributed by atoms with Crippen LogP contribution < -0.4 is 5.32 Å². The Morgan fingerprint density at radius 3 is 2.42 bits per heavy atom. The summed E-state index contributed by atoms with van der Waals surface area (Å²) in [5.41, 5.74) is 0.799. The number of carbonyl (C=O) groups is 1. The van der Waals surface area contributed by atoms with Crippen LogP contribution in [-0.4, -0.2) is 31.7 Å². The number of hydrogen-bond donors (Lipinski definition) is 1. The number of benzene rings is 2. The van der Waals surface area contributed by atoms with Crippen LogP contribution in [0.4, 0.5) is 5.69 Å². The summed E-state index contributed by atoms with van der Waals surface area (Å²) in [5, 5.41) is 3.20. The largest absolute Gasteiger partial charge is 0.322 e. The summed E-state index contributed by atoms with van der Waals surface area (Å²) in [4.78, 5) is 12.4. The van der Waals surface area contributed by atoms with E-state index in [0.29, 0.717) is 10.7 Å². The molecule has 2 aromatic rings. The minimum Gasteiger partial charge on any atom is -0.322 e. The number of nitrogens with zero attached hydrogens (tertiary/aromatic N) is 1. The smallest absolute Gasteiger partial charge is 0.255 e. The first kappa shape index (κ1) is 18.4. The van der Waals surface area contributed by atoms with Gasteiger partial charge in [-0.1, -0.05) is 23.7 Å². The summed E-state index contributed by atoms with van der Waals surface area (Å²) in [7, 11) is -2.13. The summed E-state index contributed by atoms with van der Waals surface area (Å²) in [6.45, 7) is 3.57. The van der Waals surface area contributed by atoms with Crippen LogP contribution >= 0.6 is 11.6 Å². The molecular weight excluding hydrogens is 348 g/mol. The van der Waals surface area contributed by atoms with Crippen molar-refractivity contribution in [1.82, 2.24) is 4.31 Å². The van der Waals surface area contributed by atoms with Crippen molar-refractivity contribution in [3.05, 3.63) is 59.1 Å². The van der Waals surface area contributed by atoms with E-state index in [4.69, 9.17) is 11.6 Å². The average molecular weight is 367 g/mol. The lowest BCUT2D eigenvalue weighted by atomic mass is 10.2. The molecule has 0 aliphatic heterocycles. The van der Waals surface area contributed by atoms with E-state index in [-0.39, 0.29) is 16.5 Å². The first-order valence-electron chi connectivity index (χ1n) is 7.37. The van der Waals surface area contributed by atoms with Crippen LogP contribution in [-0.2, 0) is 10.0 Å². The highest BCUT2D eigenvalue weighted by molar-refractivity contribution is 7.89. The van der Waals surface area contributed by atoms with Crippen LogP contribution in [0.1, 0.15) is 24.2 Å². The van der Waals surface area contributed by atoms with Crippen LogP contribution in [0.25, 0.3) is 0 Å². The van der Waals surface area contributed by atoms with Crippen LogP contribution in [0, 0.1) is 0 Å². The van der Waals surface area contributed by atoms with Crippen LogP contribution in [0.15, 0.2) is 53.4 Å². The molecule has 0 atom stereocenters. The average Bonchev–Trinajstić information content (AvgIpc) is 2.54. The van der Waals surface area contributed by atoms with E-state index in [2.05, 4.69) is 5.32 Å². The molecule has 0 spiro atoms. The number of sulfonamides is 1. The third kappa shape index (κ3) is 4.14. The Bertz CT molecular complexity index is 850. The Labute approximate surface area is 147 Å². The van der Waals surface area contributed by atoms with Gasteiger partial charge in [0.15, 0.2) is 0 Å². The number of anilines is 1. The number of hydrogen-bond acceptors (Lipinski definition) is 3. The van der Waals surface area contributed by atoms with Crippen molar-refractivity contribution in [2.45, 2.75) is 24.8 Å². The van der Waals surface area contributed by atoms with Crippen molar-refractivity contribution in [2.24, 2.45) is 0 Å². The van der Waals surface area contributed by atoms with E-state index in [1.807, 2.05) is 0 Å². The molecule has 0 bridgehead atoms. The van der Waals surface area contributed by atoms with Gasteiger partial charge in [-0.3, -0.25) is 4.79 Å². The van der Waals surface area contributed by atoms with Gasteiger partial charge >= 0.3 is 0 Å². The fraction of sp³-hybridized carbons (Fsp3) is 0.235. The highest BCUT2D eigenvalue weighted by Gasteiger charge is 2.23. The molecule has 0 fully saturated rings. The molecule has 128 valence electrons. The predicted octanol–water partition coefficient (Wildman–Crippen LogP) is 3.62. The van der Waals surface area contributed by atoms with Crippen molar-refractivity contribution < 1.29 is 13.2 Å². The van der Waals surface area contributed by atoms with Crippen molar-refractivity contribution in [3.63, 3.8) is 0 Å². The molecule has 5 nitrogen and oxygen atoms in total. The minimum absolute atomic E-state index is 0.0810. The monoisotopic (exact) mass is 366 g/mol. The summed E-state index contributed by atoms with van der Waals surface area (Å²) in [6.07, 6.45) is 0. The zero-order valence-corrected chi connectivity index (χ0v) is 15.2. The van der Waals surface area contributed by atoms with Crippen LogP contribution in [0.3, 0.4) is 0 Å². The van der Waals surface area contributed by atoms with Gasteiger partial charge in [0, 0.05) is 29.4 Å². The number of nitrogens with one attached hydrogen (secondary N) is 1. The molecule has 0 aromatic heterocycles. The normalized spacial score (nSPS) is 11.8. The second-order valence-corrected chi connectivity index (χ2v) is 8.04. The molecule has 1 N–H and O–H groups in total. The van der Waals surface area contributed by atoms with E-state index in [0.717, 1.165) is 0 Å². The Balaban J connectivity index is 2.29. The first-order valence-corrected chi connectivity index (χ1v) is 9.18. The maximum atomic E-state index is 12.5. The SMILES string of the molecule is CC(C)N(C)S(=O)(=O)c1cccc(C(=O)Nc2cccc(Cl)c2)c1. The fourth-order valence-corrected chi connectivity index (χ4v) is 3.62. The Kier molecular flexibility index (Phi) is 5.64. The molecule has 0 radical (unpaired) electrons. The summed E-state index contributed by atoms with van der Waals surface area (Å²) in [6, 6.07) is 12.5. The van der Waals surface area contributed by atoms with E-state index < -0.39 is 15.9 Å². The Morgan fingerprint density at radius 1 is 1.12 bits per heavy atom. The molecule has 0 aliphatic carbocycles. The lowest BCUT2D eigenvalue weighted by Crippen LogP contribution is -2.33. The Morgan fingerprint density at radius 2 is 1.79 bits per heavy atom. The van der Waals surface area contributed by atoms with Gasteiger partial charge in [-0.05, 0) is 50.2 Å². The fourth-order valence-electron chi connectivity index (χ4n) is 2.01. The topological polar surface area (TPSA) is 66.5 Å². The quantitative estimate of drug-likeness (QED) is 0.878. The van der Waals surface area contributed by atoms with E-state index in [1.54, 1.807) is 50.2 Å². The van der Waals surface area contributed by atoms with Gasteiger partial charge in [0.25, 0.3) is 5.91 Å². The highest BCUT2D eigenvalue weighted by atomic mass is 35.5. The molecule has 0 heterocycles. The molecular formula is C17H19ClN2O3S. The van der Waals surface area contributed by atoms with E-state index in [1.165, 1.54) is 23.5 Å². The second-order valence-electron chi connectivity index (χ2n) is 5.61. The highest BCUT2D eigenvalue weighted by Crippen LogP contribution is 2.20. The van der Waals surface area contributed by atoms with Crippen LogP contribution in [0.5, 0.6) is 0 Å². The van der Waals surface area contributed by atoms with Gasteiger partial charge in [-0.15, -0.1) is 0 Å². The maximum absolute atomic E-state index is 12.5. The zero-order valence-electron chi connectivity index (χ0n) is 13.7. The van der Waals surface area contributed by atoms with Crippen molar-refractivity contribution in [3.8, 4) is 0 Å². The Hall–Kier alpha value is -1.89. The molecule has 0 saturated carbocycles. The molecule has 0 saturated heterocycles. The lowest BCUT2D eigenvalue weighted by molar-refractivity contribution is 0.102.